The van der Waals surface area contributed by atoms with Gasteiger partial charge in [0.25, 0.3) is 0 Å². The van der Waals surface area contributed by atoms with Crippen molar-refractivity contribution in [2.45, 2.75) is 26.5 Å². The van der Waals surface area contributed by atoms with Gasteiger partial charge in [-0.1, -0.05) is 24.3 Å². The monoisotopic (exact) mass is 564 g/mol. The van der Waals surface area contributed by atoms with E-state index >= 15 is 0 Å². The van der Waals surface area contributed by atoms with Crippen molar-refractivity contribution in [1.29, 1.82) is 0 Å². The van der Waals surface area contributed by atoms with Gasteiger partial charge >= 0.3 is 6.61 Å². The van der Waals surface area contributed by atoms with Gasteiger partial charge in [-0.25, -0.2) is 4.39 Å². The predicted octanol–water partition coefficient (Wildman–Crippen LogP) is 3.80. The van der Waals surface area contributed by atoms with Crippen LogP contribution in [0.25, 0.3) is 0 Å². The van der Waals surface area contributed by atoms with Crippen LogP contribution in [0.3, 0.4) is 0 Å². The van der Waals surface area contributed by atoms with Crippen molar-refractivity contribution in [3.63, 3.8) is 0 Å². The summed E-state index contributed by atoms with van der Waals surface area (Å²) in [4.78, 5) is 18.4. The Morgan fingerprint density at radius 3 is 2.28 bits per heavy atom. The molecule has 2 N–H and O–H groups in total. The van der Waals surface area contributed by atoms with Gasteiger partial charge in [0.05, 0.1) is 13.0 Å². The molecule has 176 valence electrons. The highest BCUT2D eigenvalue weighted by Gasteiger charge is 2.09. The number of carbonyl (C=O) groups excluding carboxylic acids is 1. The Kier molecular flexibility index (Phi) is 12.5. The van der Waals surface area contributed by atoms with Crippen LogP contribution in [-0.2, 0) is 17.8 Å². The van der Waals surface area contributed by atoms with Crippen molar-refractivity contribution in [2.24, 2.45) is 4.99 Å². The lowest BCUT2D eigenvalue weighted by molar-refractivity contribution is -0.120. The third-order valence-corrected chi connectivity index (χ3v) is 4.24. The number of carbonyl (C=O) groups is 1. The van der Waals surface area contributed by atoms with E-state index in [9.17, 15) is 18.0 Å². The number of rotatable bonds is 10. The highest BCUT2D eigenvalue weighted by molar-refractivity contribution is 14.0. The zero-order valence-corrected chi connectivity index (χ0v) is 20.3. The molecule has 0 aliphatic carbocycles. The number of halogens is 4. The molecule has 2 rings (SSSR count). The molecule has 0 aromatic heterocycles. The first-order chi connectivity index (χ1) is 14.9. The molecule has 0 radical (unpaired) electrons. The summed E-state index contributed by atoms with van der Waals surface area (Å²) in [6.07, 6.45) is 0.176. The van der Waals surface area contributed by atoms with E-state index < -0.39 is 6.61 Å². The fraction of sp³-hybridized carbons (Fsp3) is 0.364. The Morgan fingerprint density at radius 2 is 1.69 bits per heavy atom. The van der Waals surface area contributed by atoms with Crippen LogP contribution in [0, 0.1) is 5.82 Å². The summed E-state index contributed by atoms with van der Waals surface area (Å²) in [5, 5.41) is 5.97. The van der Waals surface area contributed by atoms with Gasteiger partial charge < -0.3 is 20.3 Å². The molecule has 0 saturated heterocycles. The maximum Gasteiger partial charge on any atom is 0.387 e. The van der Waals surface area contributed by atoms with Crippen LogP contribution in [-0.4, -0.2) is 50.1 Å². The number of ether oxygens (including phenoxy) is 1. The van der Waals surface area contributed by atoms with Crippen LogP contribution >= 0.6 is 24.0 Å². The third kappa shape index (κ3) is 10.2. The van der Waals surface area contributed by atoms with Crippen LogP contribution in [0.15, 0.2) is 53.5 Å². The number of hydrogen-bond donors (Lipinski definition) is 2. The molecule has 0 unspecified atom stereocenters. The summed E-state index contributed by atoms with van der Waals surface area (Å²) in [6.45, 7) is 1.02. The SMILES string of the molecule is CCNC(=NCCNC(=O)Cc1ccc(F)cc1)N(C)Cc1ccc(OC(F)F)cc1.I. The lowest BCUT2D eigenvalue weighted by Gasteiger charge is -2.22. The molecule has 2 aromatic rings. The van der Waals surface area contributed by atoms with E-state index in [1.807, 2.05) is 18.9 Å². The smallest absolute Gasteiger partial charge is 0.387 e. The Balaban J connectivity index is 0.00000512. The highest BCUT2D eigenvalue weighted by atomic mass is 127. The Labute approximate surface area is 203 Å². The molecule has 2 aromatic carbocycles. The van der Waals surface area contributed by atoms with E-state index in [4.69, 9.17) is 0 Å². The minimum absolute atomic E-state index is 0. The van der Waals surface area contributed by atoms with E-state index in [0.29, 0.717) is 32.1 Å². The van der Waals surface area contributed by atoms with Crippen molar-refractivity contribution < 1.29 is 22.7 Å². The number of alkyl halides is 2. The van der Waals surface area contributed by atoms with Gasteiger partial charge in [-0.05, 0) is 42.3 Å². The van der Waals surface area contributed by atoms with Crippen molar-refractivity contribution in [1.82, 2.24) is 15.5 Å². The Bertz CT molecular complexity index is 849. The van der Waals surface area contributed by atoms with Crippen LogP contribution in [0.2, 0.25) is 0 Å². The number of benzene rings is 2. The summed E-state index contributed by atoms with van der Waals surface area (Å²) < 4.78 is 41.8. The fourth-order valence-electron chi connectivity index (χ4n) is 2.80. The number of amides is 1. The van der Waals surface area contributed by atoms with Crippen molar-refractivity contribution in [3.8, 4) is 5.75 Å². The molecule has 0 heterocycles. The maximum absolute atomic E-state index is 12.9. The minimum atomic E-state index is -2.85. The van der Waals surface area contributed by atoms with E-state index in [-0.39, 0.29) is 47.9 Å². The predicted molar refractivity (Wildman–Crippen MR) is 129 cm³/mol. The summed E-state index contributed by atoms with van der Waals surface area (Å²) in [5.74, 6) is 0.267. The molecule has 0 spiro atoms. The summed E-state index contributed by atoms with van der Waals surface area (Å²) >= 11 is 0. The third-order valence-electron chi connectivity index (χ3n) is 4.24. The van der Waals surface area contributed by atoms with Crippen LogP contribution in [0.4, 0.5) is 13.2 Å². The van der Waals surface area contributed by atoms with Gasteiger partial charge in [0.2, 0.25) is 5.91 Å². The van der Waals surface area contributed by atoms with Crippen LogP contribution < -0.4 is 15.4 Å². The van der Waals surface area contributed by atoms with E-state index in [2.05, 4.69) is 20.4 Å². The molecular weight excluding hydrogens is 536 g/mol. The highest BCUT2D eigenvalue weighted by Crippen LogP contribution is 2.15. The number of aliphatic imine (C=N–C) groups is 1. The molecule has 0 aliphatic heterocycles. The Hall–Kier alpha value is -2.50. The molecule has 10 heteroatoms. The molecule has 0 saturated carbocycles. The van der Waals surface area contributed by atoms with Crippen LogP contribution in [0.1, 0.15) is 18.1 Å². The molecule has 0 fully saturated rings. The molecule has 6 nitrogen and oxygen atoms in total. The lowest BCUT2D eigenvalue weighted by Crippen LogP contribution is -2.39. The van der Waals surface area contributed by atoms with Gasteiger partial charge in [0.1, 0.15) is 11.6 Å². The zero-order valence-electron chi connectivity index (χ0n) is 18.0. The second-order valence-electron chi connectivity index (χ2n) is 6.77. The van der Waals surface area contributed by atoms with Gasteiger partial charge in [0.15, 0.2) is 5.96 Å². The van der Waals surface area contributed by atoms with Crippen molar-refractivity contribution in [3.05, 3.63) is 65.5 Å². The number of hydrogen-bond acceptors (Lipinski definition) is 3. The average Bonchev–Trinajstić information content (AvgIpc) is 2.73. The van der Waals surface area contributed by atoms with Gasteiger partial charge in [-0.2, -0.15) is 8.78 Å². The first-order valence-electron chi connectivity index (χ1n) is 9.91. The molecular formula is C22H28F3IN4O2. The number of nitrogens with one attached hydrogen (secondary N) is 2. The normalized spacial score (nSPS) is 11.0. The average molecular weight is 564 g/mol. The van der Waals surface area contributed by atoms with Gasteiger partial charge in [-0.15, -0.1) is 24.0 Å². The second kappa shape index (κ2) is 14.5. The number of guanidine groups is 1. The first kappa shape index (κ1) is 27.5. The van der Waals surface area contributed by atoms with Crippen LogP contribution in [0.5, 0.6) is 5.75 Å². The molecule has 1 amide bonds. The lowest BCUT2D eigenvalue weighted by atomic mass is 10.1. The minimum Gasteiger partial charge on any atom is -0.435 e. The fourth-order valence-corrected chi connectivity index (χ4v) is 2.80. The topological polar surface area (TPSA) is 66.0 Å². The Morgan fingerprint density at radius 1 is 1.06 bits per heavy atom. The van der Waals surface area contributed by atoms with Crippen molar-refractivity contribution in [2.75, 3.05) is 26.7 Å². The quantitative estimate of drug-likeness (QED) is 0.200. The second-order valence-corrected chi connectivity index (χ2v) is 6.77. The van der Waals surface area contributed by atoms with E-state index in [1.54, 1.807) is 24.3 Å². The molecule has 0 bridgehead atoms. The molecule has 0 aliphatic rings. The standard InChI is InChI=1S/C22H27F3N4O2.HI/c1-3-26-22(29(2)15-17-6-10-19(11-7-17)31-21(24)25)28-13-12-27-20(30)14-16-4-8-18(23)9-5-16;/h4-11,21H,3,12-15H2,1-2H3,(H,26,28)(H,27,30);1H. The summed E-state index contributed by atoms with van der Waals surface area (Å²) in [7, 11) is 1.86. The van der Waals surface area contributed by atoms with Crippen molar-refractivity contribution >= 4 is 35.8 Å². The molecule has 0 atom stereocenters. The maximum atomic E-state index is 12.9. The zero-order chi connectivity index (χ0) is 22.6. The van der Waals surface area contributed by atoms with Gasteiger partial charge in [0, 0.05) is 26.7 Å². The largest absolute Gasteiger partial charge is 0.435 e. The summed E-state index contributed by atoms with van der Waals surface area (Å²) in [5.41, 5.74) is 1.64. The van der Waals surface area contributed by atoms with E-state index in [1.165, 1.54) is 24.3 Å². The van der Waals surface area contributed by atoms with Gasteiger partial charge in [-0.3, -0.25) is 9.79 Å². The number of nitrogens with zero attached hydrogens (tertiary/aromatic N) is 2. The van der Waals surface area contributed by atoms with E-state index in [0.717, 1.165) is 11.1 Å². The first-order valence-corrected chi connectivity index (χ1v) is 9.91. The summed E-state index contributed by atoms with van der Waals surface area (Å²) in [6, 6.07) is 12.2. The molecule has 32 heavy (non-hydrogen) atoms.